The summed E-state index contributed by atoms with van der Waals surface area (Å²) in [6.45, 7) is 0. The fourth-order valence-electron chi connectivity index (χ4n) is 2.30. The summed E-state index contributed by atoms with van der Waals surface area (Å²) in [6, 6.07) is 7.94. The van der Waals surface area contributed by atoms with Crippen molar-refractivity contribution in [3.63, 3.8) is 0 Å². The van der Waals surface area contributed by atoms with Gasteiger partial charge in [-0.25, -0.2) is 4.39 Å². The molecule has 1 aromatic carbocycles. The summed E-state index contributed by atoms with van der Waals surface area (Å²) in [5.74, 6) is 0.0856. The van der Waals surface area contributed by atoms with Gasteiger partial charge in [-0.1, -0.05) is 22.8 Å². The summed E-state index contributed by atoms with van der Waals surface area (Å²) in [5.41, 5.74) is 5.94. The molecule has 0 aliphatic heterocycles. The predicted molar refractivity (Wildman–Crippen MR) is 94.7 cm³/mol. The van der Waals surface area contributed by atoms with E-state index in [1.165, 1.54) is 23.3 Å². The molecule has 0 saturated heterocycles. The Morgan fingerprint density at radius 1 is 1.07 bits per heavy atom. The van der Waals surface area contributed by atoms with Crippen LogP contribution in [0, 0.1) is 5.82 Å². The van der Waals surface area contributed by atoms with Crippen molar-refractivity contribution in [1.82, 2.24) is 25.1 Å². The van der Waals surface area contributed by atoms with Crippen LogP contribution in [-0.4, -0.2) is 32.1 Å². The third kappa shape index (κ3) is 3.17. The van der Waals surface area contributed by atoms with Crippen LogP contribution in [0.25, 0.3) is 23.3 Å². The first-order chi connectivity index (χ1) is 13.0. The number of nitrogen functional groups attached to an aromatic ring is 1. The van der Waals surface area contributed by atoms with Gasteiger partial charge in [0.05, 0.1) is 17.0 Å². The standard InChI is InChI=1S/C16H11ClFN7O2/c1-25(9-5-2-4-8(17)11(9)18)16-22-12(21-15(19)23-16)13-20-14(27-24-13)10-6-3-7-26-10/h2-7H,1H3,(H2,19,21,22,23). The lowest BCUT2D eigenvalue weighted by molar-refractivity contribution is 0.416. The normalized spacial score (nSPS) is 10.9. The molecule has 0 atom stereocenters. The molecule has 2 N–H and O–H groups in total. The fraction of sp³-hybridized carbons (Fsp3) is 0.0625. The Balaban J connectivity index is 1.73. The smallest absolute Gasteiger partial charge is 0.294 e. The fourth-order valence-corrected chi connectivity index (χ4v) is 2.47. The predicted octanol–water partition coefficient (Wildman–Crippen LogP) is 3.32. The van der Waals surface area contributed by atoms with Crippen LogP contribution in [0.2, 0.25) is 5.02 Å². The number of halogens is 2. The third-order valence-electron chi connectivity index (χ3n) is 3.59. The molecule has 0 unspecified atom stereocenters. The van der Waals surface area contributed by atoms with E-state index in [2.05, 4.69) is 25.1 Å². The quantitative estimate of drug-likeness (QED) is 0.562. The third-order valence-corrected chi connectivity index (χ3v) is 3.88. The van der Waals surface area contributed by atoms with Gasteiger partial charge in [-0.15, -0.1) is 0 Å². The maximum absolute atomic E-state index is 14.3. The van der Waals surface area contributed by atoms with E-state index in [-0.39, 0.29) is 40.1 Å². The van der Waals surface area contributed by atoms with Crippen LogP contribution in [0.5, 0.6) is 0 Å². The van der Waals surface area contributed by atoms with Gasteiger partial charge < -0.3 is 19.6 Å². The molecular weight excluding hydrogens is 377 g/mol. The summed E-state index contributed by atoms with van der Waals surface area (Å²) in [5, 5.41) is 3.80. The monoisotopic (exact) mass is 387 g/mol. The molecule has 0 amide bonds. The minimum absolute atomic E-state index is 0.0251. The molecular formula is C16H11ClFN7O2. The van der Waals surface area contributed by atoms with Gasteiger partial charge in [-0.3, -0.25) is 0 Å². The van der Waals surface area contributed by atoms with Gasteiger partial charge >= 0.3 is 0 Å². The summed E-state index contributed by atoms with van der Waals surface area (Å²) >= 11 is 5.83. The number of furan rings is 1. The Kier molecular flexibility index (Phi) is 4.16. The van der Waals surface area contributed by atoms with E-state index in [0.29, 0.717) is 5.76 Å². The van der Waals surface area contributed by atoms with Gasteiger partial charge in [0.15, 0.2) is 11.6 Å². The first-order valence-corrected chi connectivity index (χ1v) is 7.98. The maximum Gasteiger partial charge on any atom is 0.294 e. The van der Waals surface area contributed by atoms with Crippen molar-refractivity contribution >= 4 is 29.2 Å². The molecule has 4 rings (SSSR count). The average Bonchev–Trinajstić information content (AvgIpc) is 3.34. The molecule has 0 aliphatic rings. The van der Waals surface area contributed by atoms with Crippen molar-refractivity contribution in [3.8, 4) is 23.3 Å². The minimum atomic E-state index is -0.609. The molecule has 0 radical (unpaired) electrons. The van der Waals surface area contributed by atoms with E-state index in [4.69, 9.17) is 26.3 Å². The van der Waals surface area contributed by atoms with Crippen LogP contribution >= 0.6 is 11.6 Å². The maximum atomic E-state index is 14.3. The minimum Gasteiger partial charge on any atom is -0.459 e. The molecule has 3 heterocycles. The average molecular weight is 388 g/mol. The molecule has 0 spiro atoms. The van der Waals surface area contributed by atoms with Crippen molar-refractivity contribution < 1.29 is 13.3 Å². The number of hydrogen-bond acceptors (Lipinski definition) is 9. The van der Waals surface area contributed by atoms with Crippen LogP contribution < -0.4 is 10.6 Å². The number of nitrogens with zero attached hydrogens (tertiary/aromatic N) is 6. The molecule has 4 aromatic rings. The van der Waals surface area contributed by atoms with Gasteiger partial charge in [0, 0.05) is 7.05 Å². The Bertz CT molecular complexity index is 1100. The summed E-state index contributed by atoms with van der Waals surface area (Å²) in [6.07, 6.45) is 1.48. The first kappa shape index (κ1) is 16.9. The van der Waals surface area contributed by atoms with Crippen molar-refractivity contribution in [2.75, 3.05) is 17.7 Å². The van der Waals surface area contributed by atoms with Crippen molar-refractivity contribution in [2.24, 2.45) is 0 Å². The second-order valence-corrected chi connectivity index (χ2v) is 5.76. The molecule has 11 heteroatoms. The first-order valence-electron chi connectivity index (χ1n) is 7.60. The molecule has 3 aromatic heterocycles. The highest BCUT2D eigenvalue weighted by Crippen LogP contribution is 2.29. The van der Waals surface area contributed by atoms with E-state index >= 15 is 0 Å². The van der Waals surface area contributed by atoms with Crippen molar-refractivity contribution in [1.29, 1.82) is 0 Å². The molecule has 0 bridgehead atoms. The Morgan fingerprint density at radius 3 is 2.70 bits per heavy atom. The van der Waals surface area contributed by atoms with Gasteiger partial charge in [0.2, 0.25) is 23.5 Å². The number of anilines is 3. The highest BCUT2D eigenvalue weighted by molar-refractivity contribution is 6.31. The van der Waals surface area contributed by atoms with Gasteiger partial charge in [-0.05, 0) is 24.3 Å². The zero-order valence-electron chi connectivity index (χ0n) is 13.8. The topological polar surface area (TPSA) is 120 Å². The second-order valence-electron chi connectivity index (χ2n) is 5.35. The molecule has 9 nitrogen and oxygen atoms in total. The van der Waals surface area contributed by atoms with Gasteiger partial charge in [-0.2, -0.15) is 19.9 Å². The summed E-state index contributed by atoms with van der Waals surface area (Å²) in [7, 11) is 1.57. The highest BCUT2D eigenvalue weighted by Gasteiger charge is 2.20. The SMILES string of the molecule is CN(c1nc(N)nc(-c2noc(-c3ccco3)n2)n1)c1cccc(Cl)c1F. The Labute approximate surface area is 156 Å². The van der Waals surface area contributed by atoms with Crippen LogP contribution in [-0.2, 0) is 0 Å². The second kappa shape index (κ2) is 6.65. The molecule has 136 valence electrons. The zero-order chi connectivity index (χ0) is 19.0. The number of aromatic nitrogens is 5. The van der Waals surface area contributed by atoms with Crippen LogP contribution in [0.1, 0.15) is 0 Å². The largest absolute Gasteiger partial charge is 0.459 e. The summed E-state index contributed by atoms with van der Waals surface area (Å²) < 4.78 is 24.6. The van der Waals surface area contributed by atoms with Crippen LogP contribution in [0.15, 0.2) is 45.5 Å². The Hall–Kier alpha value is -3.53. The van der Waals surface area contributed by atoms with E-state index in [9.17, 15) is 4.39 Å². The molecule has 27 heavy (non-hydrogen) atoms. The van der Waals surface area contributed by atoms with E-state index in [1.807, 2.05) is 0 Å². The van der Waals surface area contributed by atoms with Crippen molar-refractivity contribution in [2.45, 2.75) is 0 Å². The van der Waals surface area contributed by atoms with Gasteiger partial charge in [0.1, 0.15) is 0 Å². The lowest BCUT2D eigenvalue weighted by Gasteiger charge is -2.18. The number of hydrogen-bond donors (Lipinski definition) is 1. The van der Waals surface area contributed by atoms with Gasteiger partial charge in [0.25, 0.3) is 5.89 Å². The number of benzene rings is 1. The molecule has 0 aliphatic carbocycles. The van der Waals surface area contributed by atoms with Crippen LogP contribution in [0.4, 0.5) is 22.0 Å². The molecule has 0 saturated carbocycles. The van der Waals surface area contributed by atoms with Crippen molar-refractivity contribution in [3.05, 3.63) is 47.4 Å². The zero-order valence-corrected chi connectivity index (χ0v) is 14.6. The Morgan fingerprint density at radius 2 is 1.93 bits per heavy atom. The summed E-state index contributed by atoms with van der Waals surface area (Å²) in [4.78, 5) is 17.8. The highest BCUT2D eigenvalue weighted by atomic mass is 35.5. The van der Waals surface area contributed by atoms with E-state index in [0.717, 1.165) is 0 Å². The van der Waals surface area contributed by atoms with E-state index in [1.54, 1.807) is 25.2 Å². The number of nitrogens with two attached hydrogens (primary N) is 1. The van der Waals surface area contributed by atoms with E-state index < -0.39 is 5.82 Å². The lowest BCUT2D eigenvalue weighted by atomic mass is 10.3. The van der Waals surface area contributed by atoms with Crippen LogP contribution in [0.3, 0.4) is 0 Å². The lowest BCUT2D eigenvalue weighted by Crippen LogP contribution is -2.17. The number of rotatable bonds is 4. The molecule has 0 fully saturated rings.